The summed E-state index contributed by atoms with van der Waals surface area (Å²) in [6.07, 6.45) is 0.563. The van der Waals surface area contributed by atoms with E-state index in [0.717, 1.165) is 16.9 Å². The van der Waals surface area contributed by atoms with Crippen molar-refractivity contribution in [1.29, 1.82) is 0 Å². The first-order valence-corrected chi connectivity index (χ1v) is 9.19. The summed E-state index contributed by atoms with van der Waals surface area (Å²) in [4.78, 5) is 9.13. The number of sulfone groups is 1. The first kappa shape index (κ1) is 14.8. The fourth-order valence-corrected chi connectivity index (χ4v) is 5.30. The van der Waals surface area contributed by atoms with Crippen molar-refractivity contribution >= 4 is 32.6 Å². The van der Waals surface area contributed by atoms with Crippen molar-refractivity contribution in [2.45, 2.75) is 38.1 Å². The third kappa shape index (κ3) is 2.44. The number of nitrogens with zero attached hydrogens (tertiary/aromatic N) is 3. The van der Waals surface area contributed by atoms with Crippen molar-refractivity contribution in [3.63, 3.8) is 0 Å². The van der Waals surface area contributed by atoms with Crippen molar-refractivity contribution in [3.8, 4) is 0 Å². The summed E-state index contributed by atoms with van der Waals surface area (Å²) in [5, 5.41) is -0.306. The minimum atomic E-state index is -3.02. The Morgan fingerprint density at radius 3 is 2.67 bits per heavy atom. The number of fused-ring (bicyclic) bond motifs is 1. The highest BCUT2D eigenvalue weighted by atomic mass is 35.5. The standard InChI is InChI=1S/C14H18ClN3O2S/c1-9-4-5-11-13(16-9)18(12(17-11)10(2)15)14(3)6-7-21(19,20)8-14/h4-5,10H,6-8H2,1-3H3. The summed E-state index contributed by atoms with van der Waals surface area (Å²) in [5.41, 5.74) is 1.82. The average Bonchev–Trinajstić information content (AvgIpc) is 2.87. The molecular weight excluding hydrogens is 310 g/mol. The Balaban J connectivity index is 2.29. The highest BCUT2D eigenvalue weighted by Crippen LogP contribution is 2.37. The lowest BCUT2D eigenvalue weighted by molar-refractivity contribution is 0.361. The van der Waals surface area contributed by atoms with Gasteiger partial charge in [0.2, 0.25) is 0 Å². The van der Waals surface area contributed by atoms with Gasteiger partial charge in [-0.3, -0.25) is 0 Å². The molecule has 2 atom stereocenters. The largest absolute Gasteiger partial charge is 0.304 e. The maximum atomic E-state index is 11.9. The van der Waals surface area contributed by atoms with Crippen LogP contribution in [0.25, 0.3) is 11.2 Å². The zero-order valence-electron chi connectivity index (χ0n) is 12.3. The Hall–Kier alpha value is -1.14. The van der Waals surface area contributed by atoms with Gasteiger partial charge in [0.1, 0.15) is 11.3 Å². The summed E-state index contributed by atoms with van der Waals surface area (Å²) in [7, 11) is -3.02. The van der Waals surface area contributed by atoms with E-state index in [-0.39, 0.29) is 16.9 Å². The van der Waals surface area contributed by atoms with Crippen LogP contribution in [-0.4, -0.2) is 34.5 Å². The molecule has 2 aromatic rings. The van der Waals surface area contributed by atoms with Gasteiger partial charge in [-0.2, -0.15) is 0 Å². The van der Waals surface area contributed by atoms with E-state index in [2.05, 4.69) is 9.97 Å². The lowest BCUT2D eigenvalue weighted by Gasteiger charge is -2.27. The summed E-state index contributed by atoms with van der Waals surface area (Å²) < 4.78 is 25.8. The Labute approximate surface area is 129 Å². The second-order valence-electron chi connectivity index (χ2n) is 6.06. The van der Waals surface area contributed by atoms with Crippen molar-refractivity contribution in [1.82, 2.24) is 14.5 Å². The van der Waals surface area contributed by atoms with Crippen LogP contribution in [0.1, 0.15) is 37.2 Å². The quantitative estimate of drug-likeness (QED) is 0.795. The lowest BCUT2D eigenvalue weighted by atomic mass is 10.0. The molecule has 1 fully saturated rings. The number of aryl methyl sites for hydroxylation is 1. The van der Waals surface area contributed by atoms with E-state index in [4.69, 9.17) is 11.6 Å². The molecule has 0 radical (unpaired) electrons. The van der Waals surface area contributed by atoms with Crippen LogP contribution in [0.15, 0.2) is 12.1 Å². The van der Waals surface area contributed by atoms with Gasteiger partial charge < -0.3 is 4.57 Å². The van der Waals surface area contributed by atoms with Crippen LogP contribution < -0.4 is 0 Å². The molecule has 0 N–H and O–H groups in total. The average molecular weight is 328 g/mol. The van der Waals surface area contributed by atoms with Crippen molar-refractivity contribution < 1.29 is 8.42 Å². The van der Waals surface area contributed by atoms with Crippen molar-refractivity contribution in [2.24, 2.45) is 0 Å². The predicted octanol–water partition coefficient (Wildman–Crippen LogP) is 2.57. The zero-order valence-corrected chi connectivity index (χ0v) is 13.9. The van der Waals surface area contributed by atoms with Gasteiger partial charge in [0.15, 0.2) is 15.5 Å². The van der Waals surface area contributed by atoms with Gasteiger partial charge in [0, 0.05) is 5.69 Å². The number of imidazole rings is 1. The van der Waals surface area contributed by atoms with Gasteiger partial charge >= 0.3 is 0 Å². The molecule has 0 bridgehead atoms. The van der Waals surface area contributed by atoms with Crippen LogP contribution in [0.5, 0.6) is 0 Å². The summed E-state index contributed by atoms with van der Waals surface area (Å²) in [6.45, 7) is 5.71. The first-order valence-electron chi connectivity index (χ1n) is 6.93. The highest BCUT2D eigenvalue weighted by Gasteiger charge is 2.42. The number of aromatic nitrogens is 3. The molecule has 2 aromatic heterocycles. The van der Waals surface area contributed by atoms with Gasteiger partial charge in [0.25, 0.3) is 0 Å². The van der Waals surface area contributed by atoms with E-state index in [9.17, 15) is 8.42 Å². The van der Waals surface area contributed by atoms with Crippen molar-refractivity contribution in [3.05, 3.63) is 23.7 Å². The molecule has 114 valence electrons. The van der Waals surface area contributed by atoms with Crippen LogP contribution >= 0.6 is 11.6 Å². The summed E-state index contributed by atoms with van der Waals surface area (Å²) in [5.74, 6) is 0.993. The van der Waals surface area contributed by atoms with Gasteiger partial charge in [-0.1, -0.05) is 0 Å². The molecule has 3 rings (SSSR count). The predicted molar refractivity (Wildman–Crippen MR) is 83.5 cm³/mol. The number of halogens is 1. The van der Waals surface area contributed by atoms with Gasteiger partial charge in [0.05, 0.1) is 22.4 Å². The topological polar surface area (TPSA) is 64.8 Å². The van der Waals surface area contributed by atoms with E-state index >= 15 is 0 Å². The fraction of sp³-hybridized carbons (Fsp3) is 0.571. The Morgan fingerprint density at radius 1 is 1.38 bits per heavy atom. The molecule has 0 aliphatic carbocycles. The molecule has 21 heavy (non-hydrogen) atoms. The Bertz CT molecular complexity index is 813. The summed E-state index contributed by atoms with van der Waals surface area (Å²) in [6, 6.07) is 3.81. The van der Waals surface area contributed by atoms with Crippen molar-refractivity contribution in [2.75, 3.05) is 11.5 Å². The third-order valence-corrected chi connectivity index (χ3v) is 6.13. The molecule has 5 nitrogen and oxygen atoms in total. The van der Waals surface area contributed by atoms with Gasteiger partial charge in [-0.05, 0) is 39.3 Å². The number of hydrogen-bond acceptors (Lipinski definition) is 4. The number of rotatable bonds is 2. The number of pyridine rings is 1. The summed E-state index contributed by atoms with van der Waals surface area (Å²) >= 11 is 6.27. The molecule has 1 aliphatic rings. The molecule has 0 aromatic carbocycles. The molecule has 1 aliphatic heterocycles. The molecule has 0 spiro atoms. The molecular formula is C14H18ClN3O2S. The molecule has 0 saturated carbocycles. The minimum absolute atomic E-state index is 0.109. The normalized spacial score (nSPS) is 26.3. The van der Waals surface area contributed by atoms with E-state index in [1.807, 2.05) is 37.5 Å². The minimum Gasteiger partial charge on any atom is -0.304 e. The fourth-order valence-electron chi connectivity index (χ4n) is 3.04. The van der Waals surface area contributed by atoms with Crippen LogP contribution in [0.2, 0.25) is 0 Å². The van der Waals surface area contributed by atoms with E-state index in [0.29, 0.717) is 12.2 Å². The maximum Gasteiger partial charge on any atom is 0.160 e. The Kier molecular flexibility index (Phi) is 3.29. The van der Waals surface area contributed by atoms with Gasteiger partial charge in [-0.25, -0.2) is 18.4 Å². The monoisotopic (exact) mass is 327 g/mol. The lowest BCUT2D eigenvalue weighted by Crippen LogP contribution is -2.33. The van der Waals surface area contributed by atoms with Crippen LogP contribution in [0, 0.1) is 6.92 Å². The second kappa shape index (κ2) is 4.68. The maximum absolute atomic E-state index is 11.9. The van der Waals surface area contributed by atoms with Crippen LogP contribution in [0.3, 0.4) is 0 Å². The zero-order chi connectivity index (χ0) is 15.4. The highest BCUT2D eigenvalue weighted by molar-refractivity contribution is 7.91. The molecule has 7 heteroatoms. The third-order valence-electron chi connectivity index (χ3n) is 4.05. The van der Waals surface area contributed by atoms with Crippen LogP contribution in [0.4, 0.5) is 0 Å². The van der Waals surface area contributed by atoms with Crippen LogP contribution in [-0.2, 0) is 15.4 Å². The molecule has 2 unspecified atom stereocenters. The number of alkyl halides is 1. The van der Waals surface area contributed by atoms with E-state index in [1.165, 1.54) is 0 Å². The van der Waals surface area contributed by atoms with Gasteiger partial charge in [-0.15, -0.1) is 11.6 Å². The molecule has 0 amide bonds. The van der Waals surface area contributed by atoms with E-state index < -0.39 is 15.4 Å². The molecule has 3 heterocycles. The number of hydrogen-bond donors (Lipinski definition) is 0. The molecule has 1 saturated heterocycles. The van der Waals surface area contributed by atoms with E-state index in [1.54, 1.807) is 0 Å². The second-order valence-corrected chi connectivity index (χ2v) is 8.89. The smallest absolute Gasteiger partial charge is 0.160 e. The first-order chi connectivity index (χ1) is 9.72. The Morgan fingerprint density at radius 2 is 2.10 bits per heavy atom. The SMILES string of the molecule is Cc1ccc2nc(C(C)Cl)n(C3(C)CCS(=O)(=O)C3)c2n1.